The van der Waals surface area contributed by atoms with Crippen molar-refractivity contribution in [2.45, 2.75) is 29.7 Å². The zero-order valence-electron chi connectivity index (χ0n) is 9.86. The molecule has 0 N–H and O–H groups in total. The van der Waals surface area contributed by atoms with Gasteiger partial charge in [-0.3, -0.25) is 0 Å². The zero-order valence-corrected chi connectivity index (χ0v) is 11.4. The lowest BCUT2D eigenvalue weighted by Gasteiger charge is -2.04. The van der Waals surface area contributed by atoms with Gasteiger partial charge in [-0.15, -0.1) is 0 Å². The minimum absolute atomic E-state index is 0.244. The molecular weight excluding hydrogens is 271 g/mol. The summed E-state index contributed by atoms with van der Waals surface area (Å²) in [6.07, 6.45) is 1.78. The Morgan fingerprint density at radius 3 is 2.61 bits per heavy atom. The molecule has 0 unspecified atom stereocenters. The first-order valence-corrected chi connectivity index (χ1v) is 6.83. The third-order valence-corrected chi connectivity index (χ3v) is 3.35. The summed E-state index contributed by atoms with van der Waals surface area (Å²) in [5, 5.41) is 1.23. The highest BCUT2D eigenvalue weighted by molar-refractivity contribution is 7.99. The van der Waals surface area contributed by atoms with Gasteiger partial charge < -0.3 is 0 Å². The lowest BCUT2D eigenvalue weighted by molar-refractivity contribution is 0.626. The fourth-order valence-electron chi connectivity index (χ4n) is 1.45. The Morgan fingerprint density at radius 2 is 1.94 bits per heavy atom. The van der Waals surface area contributed by atoms with Crippen molar-refractivity contribution in [2.75, 3.05) is 0 Å². The van der Waals surface area contributed by atoms with Crippen LogP contribution in [0.25, 0.3) is 0 Å². The maximum atomic E-state index is 12.8. The molecule has 0 radical (unpaired) electrons. The van der Waals surface area contributed by atoms with E-state index in [0.717, 1.165) is 28.6 Å². The quantitative estimate of drug-likeness (QED) is 0.779. The molecule has 0 aliphatic carbocycles. The van der Waals surface area contributed by atoms with Gasteiger partial charge in [0.25, 0.3) is 0 Å². The van der Waals surface area contributed by atoms with Gasteiger partial charge >= 0.3 is 0 Å². The molecule has 0 spiro atoms. The smallest absolute Gasteiger partial charge is 0.133 e. The van der Waals surface area contributed by atoms with Crippen LogP contribution in [-0.4, -0.2) is 9.97 Å². The van der Waals surface area contributed by atoms with E-state index >= 15 is 0 Å². The fourth-order valence-corrected chi connectivity index (χ4v) is 2.55. The Bertz CT molecular complexity index is 531. The van der Waals surface area contributed by atoms with Gasteiger partial charge in [0.1, 0.15) is 21.8 Å². The predicted octanol–water partition coefficient (Wildman–Crippen LogP) is 4.37. The topological polar surface area (TPSA) is 25.8 Å². The number of rotatable bonds is 4. The van der Waals surface area contributed by atoms with Crippen LogP contribution in [0, 0.1) is 5.82 Å². The summed E-state index contributed by atoms with van der Waals surface area (Å²) in [6, 6.07) is 8.01. The number of benzene rings is 1. The summed E-state index contributed by atoms with van der Waals surface area (Å²) < 4.78 is 12.8. The normalized spacial score (nSPS) is 10.6. The Hall–Kier alpha value is -1.13. The van der Waals surface area contributed by atoms with Gasteiger partial charge in [0.15, 0.2) is 0 Å². The molecular formula is C13H12ClFN2S. The van der Waals surface area contributed by atoms with Gasteiger partial charge in [-0.25, -0.2) is 14.4 Å². The average molecular weight is 283 g/mol. The second kappa shape index (κ2) is 6.16. The Kier molecular flexibility index (Phi) is 4.55. The van der Waals surface area contributed by atoms with Crippen LogP contribution in [-0.2, 0) is 6.42 Å². The molecule has 2 aromatic rings. The molecule has 0 fully saturated rings. The van der Waals surface area contributed by atoms with Gasteiger partial charge in [-0.2, -0.15) is 0 Å². The first-order chi connectivity index (χ1) is 8.67. The Labute approximate surface area is 115 Å². The lowest BCUT2D eigenvalue weighted by Crippen LogP contribution is -1.96. The number of hydrogen-bond donors (Lipinski definition) is 0. The molecule has 1 heterocycles. The minimum atomic E-state index is -0.244. The van der Waals surface area contributed by atoms with Gasteiger partial charge in [0, 0.05) is 17.4 Å². The minimum Gasteiger partial charge on any atom is -0.226 e. The van der Waals surface area contributed by atoms with Crippen LogP contribution in [0.2, 0.25) is 5.15 Å². The van der Waals surface area contributed by atoms with E-state index in [9.17, 15) is 4.39 Å². The van der Waals surface area contributed by atoms with E-state index in [0.29, 0.717) is 5.15 Å². The van der Waals surface area contributed by atoms with Crippen molar-refractivity contribution in [3.63, 3.8) is 0 Å². The molecule has 2 rings (SSSR count). The van der Waals surface area contributed by atoms with Gasteiger partial charge in [0.05, 0.1) is 0 Å². The molecule has 0 amide bonds. The van der Waals surface area contributed by atoms with Crippen molar-refractivity contribution in [1.82, 2.24) is 9.97 Å². The highest BCUT2D eigenvalue weighted by atomic mass is 35.5. The highest BCUT2D eigenvalue weighted by Crippen LogP contribution is 2.27. The van der Waals surface area contributed by atoms with E-state index in [1.165, 1.54) is 23.9 Å². The largest absolute Gasteiger partial charge is 0.226 e. The molecule has 2 nitrogen and oxygen atoms in total. The van der Waals surface area contributed by atoms with Gasteiger partial charge in [0.2, 0.25) is 0 Å². The summed E-state index contributed by atoms with van der Waals surface area (Å²) in [4.78, 5) is 9.50. The average Bonchev–Trinajstić information content (AvgIpc) is 2.32. The predicted molar refractivity (Wildman–Crippen MR) is 71.6 cm³/mol. The van der Waals surface area contributed by atoms with Crippen LogP contribution < -0.4 is 0 Å². The Balaban J connectivity index is 2.20. The summed E-state index contributed by atoms with van der Waals surface area (Å²) >= 11 is 7.40. The van der Waals surface area contributed by atoms with E-state index in [1.807, 2.05) is 0 Å². The molecule has 0 bridgehead atoms. The molecule has 94 valence electrons. The van der Waals surface area contributed by atoms with E-state index in [2.05, 4.69) is 16.9 Å². The van der Waals surface area contributed by atoms with Crippen LogP contribution in [0.4, 0.5) is 4.39 Å². The monoisotopic (exact) mass is 282 g/mol. The van der Waals surface area contributed by atoms with Crippen LogP contribution in [0.3, 0.4) is 0 Å². The zero-order chi connectivity index (χ0) is 13.0. The maximum Gasteiger partial charge on any atom is 0.133 e. The van der Waals surface area contributed by atoms with Gasteiger partial charge in [-0.05, 0) is 30.7 Å². The van der Waals surface area contributed by atoms with E-state index < -0.39 is 0 Å². The van der Waals surface area contributed by atoms with Crippen molar-refractivity contribution >= 4 is 23.4 Å². The van der Waals surface area contributed by atoms with Crippen LogP contribution in [0.5, 0.6) is 0 Å². The molecule has 18 heavy (non-hydrogen) atoms. The summed E-state index contributed by atoms with van der Waals surface area (Å²) in [6.45, 7) is 2.07. The summed E-state index contributed by atoms with van der Waals surface area (Å²) in [5.41, 5.74) is 0. The highest BCUT2D eigenvalue weighted by Gasteiger charge is 2.05. The number of halogens is 2. The van der Waals surface area contributed by atoms with Crippen LogP contribution >= 0.6 is 23.4 Å². The van der Waals surface area contributed by atoms with Crippen molar-refractivity contribution in [3.8, 4) is 0 Å². The van der Waals surface area contributed by atoms with E-state index in [4.69, 9.17) is 11.6 Å². The molecule has 0 saturated carbocycles. The van der Waals surface area contributed by atoms with Crippen molar-refractivity contribution in [2.24, 2.45) is 0 Å². The van der Waals surface area contributed by atoms with E-state index in [-0.39, 0.29) is 5.82 Å². The molecule has 1 aromatic heterocycles. The number of nitrogens with zero attached hydrogens (tertiary/aromatic N) is 2. The Morgan fingerprint density at radius 1 is 1.22 bits per heavy atom. The number of aryl methyl sites for hydroxylation is 1. The fraction of sp³-hybridized carbons (Fsp3) is 0.231. The van der Waals surface area contributed by atoms with Crippen LogP contribution in [0.15, 0.2) is 40.3 Å². The van der Waals surface area contributed by atoms with E-state index in [1.54, 1.807) is 18.2 Å². The third kappa shape index (κ3) is 3.68. The van der Waals surface area contributed by atoms with Crippen molar-refractivity contribution in [1.29, 1.82) is 0 Å². The van der Waals surface area contributed by atoms with Crippen molar-refractivity contribution in [3.05, 3.63) is 47.1 Å². The first kappa shape index (κ1) is 13.3. The summed E-state index contributed by atoms with van der Waals surface area (Å²) in [5.74, 6) is 0.501. The molecule has 0 saturated heterocycles. The second-order valence-electron chi connectivity index (χ2n) is 3.75. The standard InChI is InChI=1S/C13H12ClFN2S/c1-2-3-12-16-11(14)8-13(17-12)18-10-6-4-9(15)5-7-10/h4-8H,2-3H2,1H3. The molecule has 5 heteroatoms. The van der Waals surface area contributed by atoms with Crippen molar-refractivity contribution < 1.29 is 4.39 Å². The second-order valence-corrected chi connectivity index (χ2v) is 5.23. The van der Waals surface area contributed by atoms with Crippen LogP contribution in [0.1, 0.15) is 19.2 Å². The molecule has 0 aliphatic rings. The molecule has 0 atom stereocenters. The lowest BCUT2D eigenvalue weighted by atomic mass is 10.3. The number of hydrogen-bond acceptors (Lipinski definition) is 3. The van der Waals surface area contributed by atoms with Gasteiger partial charge in [-0.1, -0.05) is 30.3 Å². The molecule has 0 aliphatic heterocycles. The third-order valence-electron chi connectivity index (χ3n) is 2.23. The SMILES string of the molecule is CCCc1nc(Cl)cc(Sc2ccc(F)cc2)n1. The molecule has 1 aromatic carbocycles. The number of aromatic nitrogens is 2. The summed E-state index contributed by atoms with van der Waals surface area (Å²) in [7, 11) is 0. The maximum absolute atomic E-state index is 12.8. The first-order valence-electron chi connectivity index (χ1n) is 5.64.